The molecular formula is C18H22ClN3O3S. The first-order valence-electron chi connectivity index (χ1n) is 7.73. The molecule has 1 aromatic carbocycles. The number of amides is 2. The summed E-state index contributed by atoms with van der Waals surface area (Å²) in [4.78, 5) is 28.2. The van der Waals surface area contributed by atoms with Crippen LogP contribution < -0.4 is 15.1 Å². The normalized spacial score (nSPS) is 16.0. The Kier molecular flexibility index (Phi) is 6.50. The van der Waals surface area contributed by atoms with Crippen molar-refractivity contribution >= 4 is 46.3 Å². The third-order valence-electron chi connectivity index (χ3n) is 3.84. The lowest BCUT2D eigenvalue weighted by atomic mass is 10.2. The van der Waals surface area contributed by atoms with Crippen LogP contribution in [0.15, 0.2) is 36.4 Å². The van der Waals surface area contributed by atoms with Crippen molar-refractivity contribution < 1.29 is 14.3 Å². The van der Waals surface area contributed by atoms with E-state index >= 15 is 0 Å². The molecule has 1 aliphatic heterocycles. The number of ether oxygens (including phenoxy) is 1. The van der Waals surface area contributed by atoms with E-state index in [1.54, 1.807) is 17.0 Å². The van der Waals surface area contributed by atoms with E-state index in [2.05, 4.69) is 5.32 Å². The Morgan fingerprint density at radius 1 is 1.31 bits per heavy atom. The van der Waals surface area contributed by atoms with Crippen LogP contribution in [-0.2, 0) is 4.74 Å². The predicted molar refractivity (Wildman–Crippen MR) is 107 cm³/mol. The molecule has 1 atom stereocenters. The van der Waals surface area contributed by atoms with Crippen LogP contribution in [-0.4, -0.2) is 45.3 Å². The maximum Gasteiger partial charge on any atom is 0.414 e. The highest BCUT2D eigenvalue weighted by molar-refractivity contribution is 7.17. The van der Waals surface area contributed by atoms with Crippen molar-refractivity contribution in [1.82, 2.24) is 5.32 Å². The first-order valence-corrected chi connectivity index (χ1v) is 8.92. The lowest BCUT2D eigenvalue weighted by Crippen LogP contribution is -2.34. The Hall–Kier alpha value is -2.25. The zero-order chi connectivity index (χ0) is 18.0. The summed E-state index contributed by atoms with van der Waals surface area (Å²) in [5.41, 5.74) is 1.82. The monoisotopic (exact) mass is 395 g/mol. The van der Waals surface area contributed by atoms with Crippen molar-refractivity contribution in [2.24, 2.45) is 0 Å². The molecule has 3 rings (SSSR count). The fourth-order valence-electron chi connectivity index (χ4n) is 2.50. The summed E-state index contributed by atoms with van der Waals surface area (Å²) in [7, 11) is 3.91. The number of benzene rings is 1. The van der Waals surface area contributed by atoms with Crippen LogP contribution in [0.25, 0.3) is 0 Å². The minimum absolute atomic E-state index is 0. The van der Waals surface area contributed by atoms with Gasteiger partial charge >= 0.3 is 6.09 Å². The third kappa shape index (κ3) is 4.47. The molecule has 0 bridgehead atoms. The number of anilines is 2. The zero-order valence-electron chi connectivity index (χ0n) is 13.9. The highest BCUT2D eigenvalue weighted by Gasteiger charge is 2.32. The van der Waals surface area contributed by atoms with Gasteiger partial charge in [-0.3, -0.25) is 9.69 Å². The number of nitrogens with zero attached hydrogens (tertiary/aromatic N) is 2. The van der Waals surface area contributed by atoms with Gasteiger partial charge in [0.05, 0.1) is 22.3 Å². The summed E-state index contributed by atoms with van der Waals surface area (Å²) in [5, 5.41) is 2.77. The summed E-state index contributed by atoms with van der Waals surface area (Å²) in [6, 6.07) is 11.0. The SMILES string of the molecule is C.CN(C)c1ccc(N2C[C@H](CNC(=O)c3ccc(Cl)s3)OC2=O)cc1. The van der Waals surface area contributed by atoms with Gasteiger partial charge in [0.15, 0.2) is 0 Å². The molecule has 2 heterocycles. The first kappa shape index (κ1) is 20.1. The van der Waals surface area contributed by atoms with Gasteiger partial charge in [0, 0.05) is 25.5 Å². The van der Waals surface area contributed by atoms with Crippen LogP contribution in [0.3, 0.4) is 0 Å². The van der Waals surface area contributed by atoms with Crippen LogP contribution in [0.2, 0.25) is 4.34 Å². The molecule has 8 heteroatoms. The first-order chi connectivity index (χ1) is 11.9. The van der Waals surface area contributed by atoms with Crippen molar-refractivity contribution in [1.29, 1.82) is 0 Å². The smallest absolute Gasteiger partial charge is 0.414 e. The van der Waals surface area contributed by atoms with E-state index < -0.39 is 6.09 Å². The average molecular weight is 396 g/mol. The molecule has 2 aromatic rings. The highest BCUT2D eigenvalue weighted by atomic mass is 35.5. The number of nitrogens with one attached hydrogen (secondary N) is 1. The number of thiophene rings is 1. The summed E-state index contributed by atoms with van der Waals surface area (Å²) in [6.45, 7) is 0.651. The molecule has 0 radical (unpaired) electrons. The van der Waals surface area contributed by atoms with Crippen molar-refractivity contribution in [3.63, 3.8) is 0 Å². The molecule has 140 valence electrons. The second-order valence-electron chi connectivity index (χ2n) is 5.84. The summed E-state index contributed by atoms with van der Waals surface area (Å²) < 4.78 is 5.90. The molecule has 26 heavy (non-hydrogen) atoms. The molecule has 0 spiro atoms. The largest absolute Gasteiger partial charge is 0.442 e. The number of hydrogen-bond donors (Lipinski definition) is 1. The molecular weight excluding hydrogens is 374 g/mol. The maximum absolute atomic E-state index is 12.1. The van der Waals surface area contributed by atoms with Gasteiger partial charge in [-0.2, -0.15) is 0 Å². The quantitative estimate of drug-likeness (QED) is 0.835. The Labute approximate surface area is 162 Å². The van der Waals surface area contributed by atoms with E-state index in [1.807, 2.05) is 43.3 Å². The summed E-state index contributed by atoms with van der Waals surface area (Å²) in [5.74, 6) is -0.221. The molecule has 1 fully saturated rings. The number of hydrogen-bond acceptors (Lipinski definition) is 5. The Bertz CT molecular complexity index is 776. The average Bonchev–Trinajstić information content (AvgIpc) is 3.18. The minimum Gasteiger partial charge on any atom is -0.442 e. The molecule has 0 aliphatic carbocycles. The van der Waals surface area contributed by atoms with Gasteiger partial charge in [0.1, 0.15) is 6.10 Å². The van der Waals surface area contributed by atoms with Crippen LogP contribution >= 0.6 is 22.9 Å². The zero-order valence-corrected chi connectivity index (χ0v) is 15.4. The van der Waals surface area contributed by atoms with Gasteiger partial charge in [-0.15, -0.1) is 11.3 Å². The van der Waals surface area contributed by atoms with Crippen molar-refractivity contribution in [3.8, 4) is 0 Å². The van der Waals surface area contributed by atoms with Gasteiger partial charge in [-0.05, 0) is 36.4 Å². The van der Waals surface area contributed by atoms with Crippen molar-refractivity contribution in [3.05, 3.63) is 45.6 Å². The fourth-order valence-corrected chi connectivity index (χ4v) is 3.46. The van der Waals surface area contributed by atoms with Crippen LogP contribution in [0, 0.1) is 0 Å². The molecule has 6 nitrogen and oxygen atoms in total. The van der Waals surface area contributed by atoms with Gasteiger partial charge < -0.3 is 15.0 Å². The number of carbonyl (C=O) groups excluding carboxylic acids is 2. The van der Waals surface area contributed by atoms with E-state index in [0.717, 1.165) is 11.4 Å². The summed E-state index contributed by atoms with van der Waals surface area (Å²) in [6.07, 6.45) is -0.795. The topological polar surface area (TPSA) is 61.9 Å². The lowest BCUT2D eigenvalue weighted by Gasteiger charge is -2.16. The standard InChI is InChI=1S/C17H18ClN3O3S.CH4/c1-20(2)11-3-5-12(6-4-11)21-10-13(24-17(21)23)9-19-16(22)14-7-8-15(18)25-14;/h3-8,13H,9-10H2,1-2H3,(H,19,22);1H4/t13-;/m0./s1. The lowest BCUT2D eigenvalue weighted by molar-refractivity contribution is 0.0920. The molecule has 1 aromatic heterocycles. The number of rotatable bonds is 5. The second kappa shape index (κ2) is 8.42. The van der Waals surface area contributed by atoms with Gasteiger partial charge in [0.2, 0.25) is 0 Å². The minimum atomic E-state index is -0.406. The summed E-state index contributed by atoms with van der Waals surface area (Å²) >= 11 is 7.04. The highest BCUT2D eigenvalue weighted by Crippen LogP contribution is 2.24. The molecule has 0 unspecified atom stereocenters. The molecule has 1 aliphatic rings. The molecule has 1 N–H and O–H groups in total. The maximum atomic E-state index is 12.1. The number of carbonyl (C=O) groups is 2. The van der Waals surface area contributed by atoms with Crippen LogP contribution in [0.4, 0.5) is 16.2 Å². The van der Waals surface area contributed by atoms with E-state index in [1.165, 1.54) is 11.3 Å². The van der Waals surface area contributed by atoms with Gasteiger partial charge in [-0.1, -0.05) is 19.0 Å². The Balaban J connectivity index is 0.00000243. The van der Waals surface area contributed by atoms with Gasteiger partial charge in [0.25, 0.3) is 5.91 Å². The predicted octanol–water partition coefficient (Wildman–Crippen LogP) is 3.86. The fraction of sp³-hybridized carbons (Fsp3) is 0.333. The Morgan fingerprint density at radius 2 is 2.00 bits per heavy atom. The molecule has 0 saturated carbocycles. The van der Waals surface area contributed by atoms with E-state index in [4.69, 9.17) is 16.3 Å². The Morgan fingerprint density at radius 3 is 2.58 bits per heavy atom. The van der Waals surface area contributed by atoms with Crippen molar-refractivity contribution in [2.75, 3.05) is 37.0 Å². The van der Waals surface area contributed by atoms with E-state index in [0.29, 0.717) is 15.8 Å². The van der Waals surface area contributed by atoms with Crippen LogP contribution in [0.1, 0.15) is 17.1 Å². The molecule has 2 amide bonds. The number of halogens is 1. The van der Waals surface area contributed by atoms with E-state index in [-0.39, 0.29) is 26.0 Å². The third-order valence-corrected chi connectivity index (χ3v) is 5.07. The van der Waals surface area contributed by atoms with Gasteiger partial charge in [-0.25, -0.2) is 4.79 Å². The molecule has 1 saturated heterocycles. The van der Waals surface area contributed by atoms with Crippen molar-refractivity contribution in [2.45, 2.75) is 13.5 Å². The van der Waals surface area contributed by atoms with E-state index in [9.17, 15) is 9.59 Å². The second-order valence-corrected chi connectivity index (χ2v) is 7.56. The number of cyclic esters (lactones) is 1. The van der Waals surface area contributed by atoms with Crippen LogP contribution in [0.5, 0.6) is 0 Å².